The third-order valence-corrected chi connectivity index (χ3v) is 4.97. The van der Waals surface area contributed by atoms with E-state index in [4.69, 9.17) is 12.2 Å². The Bertz CT molecular complexity index is 1170. The van der Waals surface area contributed by atoms with Gasteiger partial charge in [0.15, 0.2) is 10.8 Å². The molecule has 0 aliphatic rings. The number of fused-ring (bicyclic) bond motifs is 1. The second-order valence-electron chi connectivity index (χ2n) is 6.14. The van der Waals surface area contributed by atoms with Gasteiger partial charge in [-0.3, -0.25) is 18.9 Å². The molecule has 0 fully saturated rings. The van der Waals surface area contributed by atoms with E-state index < -0.39 is 17.6 Å². The van der Waals surface area contributed by atoms with Crippen LogP contribution in [0, 0.1) is 4.77 Å². The van der Waals surface area contributed by atoms with E-state index in [0.29, 0.717) is 0 Å². The van der Waals surface area contributed by atoms with Gasteiger partial charge in [-0.05, 0) is 23.8 Å². The van der Waals surface area contributed by atoms with Gasteiger partial charge in [-0.1, -0.05) is 18.2 Å². The molecule has 3 aromatic rings. The molecule has 0 saturated carbocycles. The first-order chi connectivity index (χ1) is 12.8. The SMILES string of the molecule is Cn1c(O)c(C=NC(Cc2c[nH]c3ccccc23)C(=O)O)c(=O)n(C)c1=S. The van der Waals surface area contributed by atoms with Crippen molar-refractivity contribution in [2.24, 2.45) is 19.1 Å². The fourth-order valence-electron chi connectivity index (χ4n) is 2.85. The minimum absolute atomic E-state index is 0.112. The number of carboxylic acid groups (broad SMARTS) is 1. The molecule has 8 nitrogen and oxygen atoms in total. The van der Waals surface area contributed by atoms with E-state index in [2.05, 4.69) is 9.98 Å². The summed E-state index contributed by atoms with van der Waals surface area (Å²) in [6.45, 7) is 0. The predicted octanol–water partition coefficient (Wildman–Crippen LogP) is 1.75. The molecule has 0 aliphatic heterocycles. The maximum Gasteiger partial charge on any atom is 0.328 e. The number of carboxylic acids is 1. The summed E-state index contributed by atoms with van der Waals surface area (Å²) >= 11 is 5.05. The van der Waals surface area contributed by atoms with Gasteiger partial charge in [0.05, 0.1) is 0 Å². The Morgan fingerprint density at radius 1 is 1.33 bits per heavy atom. The molecule has 2 aromatic heterocycles. The van der Waals surface area contributed by atoms with E-state index >= 15 is 0 Å². The van der Waals surface area contributed by atoms with Crippen LogP contribution in [0.2, 0.25) is 0 Å². The molecule has 9 heteroatoms. The molecule has 1 unspecified atom stereocenters. The van der Waals surface area contributed by atoms with Crippen LogP contribution in [0.15, 0.2) is 40.2 Å². The maximum absolute atomic E-state index is 12.3. The lowest BCUT2D eigenvalue weighted by Gasteiger charge is -2.10. The summed E-state index contributed by atoms with van der Waals surface area (Å²) in [7, 11) is 2.98. The molecular formula is C18H18N4O4S. The topological polar surface area (TPSA) is 113 Å². The van der Waals surface area contributed by atoms with Crippen molar-refractivity contribution in [2.75, 3.05) is 0 Å². The van der Waals surface area contributed by atoms with Crippen molar-refractivity contribution in [1.29, 1.82) is 0 Å². The Labute approximate surface area is 159 Å². The lowest BCUT2D eigenvalue weighted by molar-refractivity contribution is -0.138. The Kier molecular flexibility index (Phi) is 4.95. The number of aliphatic carboxylic acids is 1. The van der Waals surface area contributed by atoms with Gasteiger partial charge in [0, 0.05) is 43.8 Å². The van der Waals surface area contributed by atoms with Gasteiger partial charge in [-0.15, -0.1) is 0 Å². The number of aromatic nitrogens is 3. The molecule has 0 bridgehead atoms. The van der Waals surface area contributed by atoms with E-state index in [1.54, 1.807) is 6.20 Å². The van der Waals surface area contributed by atoms with Crippen LogP contribution in [-0.2, 0) is 25.3 Å². The number of rotatable bonds is 5. The maximum atomic E-state index is 12.3. The molecular weight excluding hydrogens is 368 g/mol. The van der Waals surface area contributed by atoms with E-state index in [9.17, 15) is 19.8 Å². The first-order valence-electron chi connectivity index (χ1n) is 8.11. The predicted molar refractivity (Wildman–Crippen MR) is 104 cm³/mol. The van der Waals surface area contributed by atoms with Crippen molar-refractivity contribution in [1.82, 2.24) is 14.1 Å². The van der Waals surface area contributed by atoms with Crippen molar-refractivity contribution in [2.45, 2.75) is 12.5 Å². The number of carbonyl (C=O) groups is 1. The molecule has 3 N–H and O–H groups in total. The monoisotopic (exact) mass is 386 g/mol. The molecule has 1 aromatic carbocycles. The van der Waals surface area contributed by atoms with Crippen LogP contribution in [0.5, 0.6) is 5.88 Å². The van der Waals surface area contributed by atoms with Crippen molar-refractivity contribution < 1.29 is 15.0 Å². The van der Waals surface area contributed by atoms with Crippen LogP contribution in [0.1, 0.15) is 11.1 Å². The number of nitrogens with zero attached hydrogens (tertiary/aromatic N) is 3. The third-order valence-electron chi connectivity index (χ3n) is 4.42. The van der Waals surface area contributed by atoms with E-state index in [-0.39, 0.29) is 22.6 Å². The first kappa shape index (κ1) is 18.6. The number of benzene rings is 1. The molecule has 0 spiro atoms. The van der Waals surface area contributed by atoms with Crippen LogP contribution < -0.4 is 5.56 Å². The highest BCUT2D eigenvalue weighted by Crippen LogP contribution is 2.20. The number of aromatic amines is 1. The summed E-state index contributed by atoms with van der Waals surface area (Å²) < 4.78 is 2.59. The highest BCUT2D eigenvalue weighted by Gasteiger charge is 2.19. The van der Waals surface area contributed by atoms with E-state index in [0.717, 1.165) is 22.7 Å². The highest BCUT2D eigenvalue weighted by atomic mass is 32.1. The number of aromatic hydroxyl groups is 1. The van der Waals surface area contributed by atoms with Crippen LogP contribution in [0.4, 0.5) is 0 Å². The van der Waals surface area contributed by atoms with Crippen molar-refractivity contribution in [3.63, 3.8) is 0 Å². The summed E-state index contributed by atoms with van der Waals surface area (Å²) in [6.07, 6.45) is 2.99. The normalized spacial score (nSPS) is 12.7. The van der Waals surface area contributed by atoms with Crippen molar-refractivity contribution in [3.05, 3.63) is 56.7 Å². The standard InChI is InChI=1S/C18H18N4O4S/c1-21-15(23)12(16(24)22(2)18(21)27)9-20-14(17(25)26)7-10-8-19-13-6-4-3-5-11(10)13/h3-6,8-9,14,19,23H,7H2,1-2H3,(H,25,26). The van der Waals surface area contributed by atoms with Crippen LogP contribution in [-0.4, -0.2) is 42.6 Å². The number of nitrogens with one attached hydrogen (secondary N) is 1. The molecule has 2 heterocycles. The summed E-state index contributed by atoms with van der Waals surface area (Å²) in [4.78, 5) is 31.1. The molecule has 3 rings (SSSR count). The average molecular weight is 386 g/mol. The lowest BCUT2D eigenvalue weighted by atomic mass is 10.1. The minimum atomic E-state index is -1.13. The molecule has 0 aliphatic carbocycles. The van der Waals surface area contributed by atoms with Gasteiger partial charge in [0.25, 0.3) is 5.56 Å². The van der Waals surface area contributed by atoms with Gasteiger partial charge < -0.3 is 15.2 Å². The molecule has 140 valence electrons. The summed E-state index contributed by atoms with van der Waals surface area (Å²) in [5, 5.41) is 20.6. The number of hydrogen-bond acceptors (Lipinski definition) is 5. The van der Waals surface area contributed by atoms with Gasteiger partial charge in [-0.2, -0.15) is 0 Å². The molecule has 0 radical (unpaired) electrons. The smallest absolute Gasteiger partial charge is 0.328 e. The lowest BCUT2D eigenvalue weighted by Crippen LogP contribution is -2.26. The zero-order chi connectivity index (χ0) is 19.7. The largest absolute Gasteiger partial charge is 0.494 e. The number of hydrogen-bond donors (Lipinski definition) is 3. The Morgan fingerprint density at radius 2 is 2.04 bits per heavy atom. The van der Waals surface area contributed by atoms with E-state index in [1.165, 1.54) is 23.2 Å². The Morgan fingerprint density at radius 3 is 2.74 bits per heavy atom. The van der Waals surface area contributed by atoms with Crippen LogP contribution in [0.3, 0.4) is 0 Å². The number of aliphatic imine (C=N–C) groups is 1. The molecule has 1 atom stereocenters. The van der Waals surface area contributed by atoms with E-state index in [1.807, 2.05) is 24.3 Å². The third kappa shape index (κ3) is 3.41. The quantitative estimate of drug-likeness (QED) is 0.457. The van der Waals surface area contributed by atoms with Gasteiger partial charge in [-0.25, -0.2) is 4.79 Å². The van der Waals surface area contributed by atoms with Crippen molar-refractivity contribution in [3.8, 4) is 5.88 Å². The fourth-order valence-corrected chi connectivity index (χ4v) is 3.02. The van der Waals surface area contributed by atoms with Gasteiger partial charge in [0.2, 0.25) is 5.88 Å². The summed E-state index contributed by atoms with van der Waals surface area (Å²) in [5.41, 5.74) is 1.05. The minimum Gasteiger partial charge on any atom is -0.494 e. The van der Waals surface area contributed by atoms with Gasteiger partial charge >= 0.3 is 5.97 Å². The fraction of sp³-hybridized carbons (Fsp3) is 0.222. The van der Waals surface area contributed by atoms with Crippen LogP contribution in [0.25, 0.3) is 10.9 Å². The van der Waals surface area contributed by atoms with Gasteiger partial charge in [0.1, 0.15) is 5.56 Å². The molecule has 0 amide bonds. The second-order valence-corrected chi connectivity index (χ2v) is 6.50. The molecule has 27 heavy (non-hydrogen) atoms. The zero-order valence-electron chi connectivity index (χ0n) is 14.7. The second kappa shape index (κ2) is 7.20. The Hall–Kier alpha value is -3.20. The number of H-pyrrole nitrogens is 1. The highest BCUT2D eigenvalue weighted by molar-refractivity contribution is 7.71. The summed E-state index contributed by atoms with van der Waals surface area (Å²) in [6, 6.07) is 6.44. The first-order valence-corrected chi connectivity index (χ1v) is 8.52. The summed E-state index contributed by atoms with van der Waals surface area (Å²) in [5.74, 6) is -1.49. The Balaban J connectivity index is 1.98. The number of para-hydroxylation sites is 1. The van der Waals surface area contributed by atoms with Crippen molar-refractivity contribution >= 4 is 35.3 Å². The molecule has 0 saturated heterocycles. The average Bonchev–Trinajstić information content (AvgIpc) is 3.06. The van der Waals surface area contributed by atoms with Crippen LogP contribution >= 0.6 is 12.2 Å². The zero-order valence-corrected chi connectivity index (χ0v) is 15.5.